The van der Waals surface area contributed by atoms with Gasteiger partial charge in [-0.15, -0.1) is 0 Å². The number of ketones is 1. The third kappa shape index (κ3) is 3.33. The van der Waals surface area contributed by atoms with E-state index >= 15 is 0 Å². The fraction of sp³-hybridized carbons (Fsp3) is 0.933. The van der Waals surface area contributed by atoms with Crippen LogP contribution in [0.25, 0.3) is 0 Å². The molecule has 0 aromatic heterocycles. The monoisotopic (exact) mass is 253 g/mol. The maximum Gasteiger partial charge on any atom is 0.132 e. The lowest BCUT2D eigenvalue weighted by Gasteiger charge is -2.47. The lowest BCUT2D eigenvalue weighted by Crippen LogP contribution is -2.53. The van der Waals surface area contributed by atoms with E-state index in [0.717, 1.165) is 45.3 Å². The first-order chi connectivity index (χ1) is 8.64. The minimum absolute atomic E-state index is 0.367. The van der Waals surface area contributed by atoms with Gasteiger partial charge in [0.25, 0.3) is 0 Å². The van der Waals surface area contributed by atoms with E-state index in [9.17, 15) is 9.90 Å². The fourth-order valence-corrected chi connectivity index (χ4v) is 3.52. The third-order valence-electron chi connectivity index (χ3n) is 4.84. The highest BCUT2D eigenvalue weighted by Crippen LogP contribution is 2.39. The highest BCUT2D eigenvalue weighted by Gasteiger charge is 2.42. The predicted molar refractivity (Wildman–Crippen MR) is 72.5 cm³/mol. The van der Waals surface area contributed by atoms with Crippen LogP contribution >= 0.6 is 0 Å². The van der Waals surface area contributed by atoms with Crippen molar-refractivity contribution in [3.8, 4) is 0 Å². The van der Waals surface area contributed by atoms with E-state index in [1.165, 1.54) is 19.3 Å². The Morgan fingerprint density at radius 1 is 1.39 bits per heavy atom. The Bertz CT molecular complexity index is 292. The molecule has 0 bridgehead atoms. The fourth-order valence-electron chi connectivity index (χ4n) is 3.52. The van der Waals surface area contributed by atoms with Gasteiger partial charge >= 0.3 is 0 Å². The zero-order valence-corrected chi connectivity index (χ0v) is 11.7. The van der Waals surface area contributed by atoms with Crippen molar-refractivity contribution in [2.75, 3.05) is 19.6 Å². The lowest BCUT2D eigenvalue weighted by atomic mass is 9.71. The van der Waals surface area contributed by atoms with Gasteiger partial charge in [-0.05, 0) is 32.2 Å². The molecule has 2 unspecified atom stereocenters. The molecule has 3 nitrogen and oxygen atoms in total. The summed E-state index contributed by atoms with van der Waals surface area (Å²) in [6.07, 6.45) is 7.95. The van der Waals surface area contributed by atoms with Crippen LogP contribution in [0.5, 0.6) is 0 Å². The highest BCUT2D eigenvalue weighted by molar-refractivity contribution is 5.77. The molecule has 1 aliphatic carbocycles. The zero-order chi connectivity index (χ0) is 13.0. The number of carbonyl (C=O) groups is 1. The molecule has 2 fully saturated rings. The third-order valence-corrected chi connectivity index (χ3v) is 4.84. The molecule has 2 aliphatic rings. The second-order valence-electron chi connectivity index (χ2n) is 6.09. The molecule has 0 aromatic carbocycles. The maximum atomic E-state index is 11.3. The molecule has 1 saturated carbocycles. The summed E-state index contributed by atoms with van der Waals surface area (Å²) >= 11 is 0. The molecule has 2 rings (SSSR count). The Labute approximate surface area is 111 Å². The zero-order valence-electron chi connectivity index (χ0n) is 11.7. The Kier molecular flexibility index (Phi) is 4.79. The molecule has 1 N–H and O–H groups in total. The van der Waals surface area contributed by atoms with E-state index in [4.69, 9.17) is 0 Å². The van der Waals surface area contributed by atoms with Crippen LogP contribution < -0.4 is 0 Å². The van der Waals surface area contributed by atoms with Crippen molar-refractivity contribution in [3.63, 3.8) is 0 Å². The molecule has 1 aliphatic heterocycles. The van der Waals surface area contributed by atoms with Gasteiger partial charge in [0.15, 0.2) is 0 Å². The number of Topliss-reactive ketones (excluding diaryl/α,β-unsaturated/α-hetero) is 1. The molecule has 0 spiro atoms. The topological polar surface area (TPSA) is 40.5 Å². The molecule has 3 heteroatoms. The first-order valence-corrected chi connectivity index (χ1v) is 7.60. The van der Waals surface area contributed by atoms with Crippen molar-refractivity contribution >= 4 is 5.78 Å². The number of piperidine rings is 1. The van der Waals surface area contributed by atoms with Crippen LogP contribution in [0.15, 0.2) is 0 Å². The Hall–Kier alpha value is -0.410. The van der Waals surface area contributed by atoms with Crippen LogP contribution in [-0.4, -0.2) is 41.0 Å². The molecule has 0 aromatic rings. The number of likely N-dealkylation sites (tertiary alicyclic amines) is 1. The number of rotatable bonds is 5. The average molecular weight is 253 g/mol. The van der Waals surface area contributed by atoms with E-state index in [2.05, 4.69) is 4.90 Å². The van der Waals surface area contributed by atoms with Crippen molar-refractivity contribution in [2.45, 2.75) is 63.9 Å². The Morgan fingerprint density at radius 3 is 3.00 bits per heavy atom. The molecule has 104 valence electrons. The summed E-state index contributed by atoms with van der Waals surface area (Å²) in [6, 6.07) is 0. The van der Waals surface area contributed by atoms with Gasteiger partial charge in [-0.3, -0.25) is 4.79 Å². The van der Waals surface area contributed by atoms with E-state index < -0.39 is 0 Å². The van der Waals surface area contributed by atoms with Crippen molar-refractivity contribution in [1.29, 1.82) is 0 Å². The van der Waals surface area contributed by atoms with Gasteiger partial charge in [0.1, 0.15) is 5.78 Å². The van der Waals surface area contributed by atoms with Crippen molar-refractivity contribution < 1.29 is 9.90 Å². The number of nitrogens with zero attached hydrogens (tertiary/aromatic N) is 1. The van der Waals surface area contributed by atoms with Crippen molar-refractivity contribution in [1.82, 2.24) is 4.90 Å². The van der Waals surface area contributed by atoms with E-state index in [1.54, 1.807) is 0 Å². The lowest BCUT2D eigenvalue weighted by molar-refractivity contribution is -0.119. The molecule has 0 amide bonds. The van der Waals surface area contributed by atoms with Gasteiger partial charge in [0, 0.05) is 31.8 Å². The Morgan fingerprint density at radius 2 is 2.22 bits per heavy atom. The summed E-state index contributed by atoms with van der Waals surface area (Å²) in [6.45, 7) is 5.01. The SMILES string of the molecule is CCC(=O)CCCN1CCC2(O)CCCCC2C1. The first-order valence-electron chi connectivity index (χ1n) is 7.60. The quantitative estimate of drug-likeness (QED) is 0.818. The normalized spacial score (nSPS) is 33.1. The van der Waals surface area contributed by atoms with Crippen LogP contribution in [0.4, 0.5) is 0 Å². The number of hydrogen-bond donors (Lipinski definition) is 1. The van der Waals surface area contributed by atoms with Crippen LogP contribution in [0.3, 0.4) is 0 Å². The van der Waals surface area contributed by atoms with Crippen LogP contribution in [0, 0.1) is 5.92 Å². The number of hydrogen-bond acceptors (Lipinski definition) is 3. The van der Waals surface area contributed by atoms with Gasteiger partial charge in [-0.25, -0.2) is 0 Å². The minimum Gasteiger partial charge on any atom is -0.390 e. The standard InChI is InChI=1S/C15H27NO2/c1-2-14(17)7-5-10-16-11-9-15(18)8-4-3-6-13(15)12-16/h13,18H,2-12H2,1H3. The summed E-state index contributed by atoms with van der Waals surface area (Å²) in [7, 11) is 0. The summed E-state index contributed by atoms with van der Waals surface area (Å²) in [4.78, 5) is 13.7. The molecular weight excluding hydrogens is 226 g/mol. The van der Waals surface area contributed by atoms with Crippen LogP contribution in [-0.2, 0) is 4.79 Å². The van der Waals surface area contributed by atoms with Crippen LogP contribution in [0.1, 0.15) is 58.3 Å². The molecule has 1 saturated heterocycles. The van der Waals surface area contributed by atoms with Gasteiger partial charge in [0.05, 0.1) is 5.60 Å². The van der Waals surface area contributed by atoms with Gasteiger partial charge in [-0.1, -0.05) is 19.8 Å². The smallest absolute Gasteiger partial charge is 0.132 e. The molecule has 0 radical (unpaired) electrons. The van der Waals surface area contributed by atoms with E-state index in [1.807, 2.05) is 6.92 Å². The number of fused-ring (bicyclic) bond motifs is 1. The van der Waals surface area contributed by atoms with Crippen LogP contribution in [0.2, 0.25) is 0 Å². The van der Waals surface area contributed by atoms with E-state index in [0.29, 0.717) is 18.1 Å². The average Bonchev–Trinajstić information content (AvgIpc) is 2.38. The van der Waals surface area contributed by atoms with Crippen molar-refractivity contribution in [3.05, 3.63) is 0 Å². The summed E-state index contributed by atoms with van der Waals surface area (Å²) in [5.74, 6) is 0.850. The molecule has 1 heterocycles. The van der Waals surface area contributed by atoms with Gasteiger partial charge in [-0.2, -0.15) is 0 Å². The van der Waals surface area contributed by atoms with Crippen molar-refractivity contribution in [2.24, 2.45) is 5.92 Å². The molecule has 18 heavy (non-hydrogen) atoms. The highest BCUT2D eigenvalue weighted by atomic mass is 16.3. The minimum atomic E-state index is -0.367. The number of aliphatic hydroxyl groups is 1. The van der Waals surface area contributed by atoms with Gasteiger partial charge in [0.2, 0.25) is 0 Å². The van der Waals surface area contributed by atoms with E-state index in [-0.39, 0.29) is 5.60 Å². The summed E-state index contributed by atoms with van der Waals surface area (Å²) < 4.78 is 0. The molecular formula is C15H27NO2. The molecule has 2 atom stereocenters. The predicted octanol–water partition coefficient (Wildman–Crippen LogP) is 2.37. The maximum absolute atomic E-state index is 11.3. The second kappa shape index (κ2) is 6.16. The summed E-state index contributed by atoms with van der Waals surface area (Å²) in [5.41, 5.74) is -0.367. The van der Waals surface area contributed by atoms with Gasteiger partial charge < -0.3 is 10.0 Å². The second-order valence-corrected chi connectivity index (χ2v) is 6.09. The Balaban J connectivity index is 1.75. The largest absolute Gasteiger partial charge is 0.390 e. The number of carbonyl (C=O) groups excluding carboxylic acids is 1. The first kappa shape index (κ1) is 14.0. The summed E-state index contributed by atoms with van der Waals surface area (Å²) in [5, 5.41) is 10.6.